The van der Waals surface area contributed by atoms with Gasteiger partial charge in [0.05, 0.1) is 12.7 Å². The monoisotopic (exact) mass is 352 g/mol. The quantitative estimate of drug-likeness (QED) is 0.837. The summed E-state index contributed by atoms with van der Waals surface area (Å²) >= 11 is 0. The molecule has 0 aliphatic carbocycles. The number of rotatable bonds is 4. The Labute approximate surface area is 154 Å². The number of benzene rings is 2. The van der Waals surface area contributed by atoms with Crippen LogP contribution in [0, 0.1) is 0 Å². The minimum absolute atomic E-state index is 0.0564. The van der Waals surface area contributed by atoms with E-state index in [4.69, 9.17) is 4.74 Å². The van der Waals surface area contributed by atoms with Gasteiger partial charge in [-0.1, -0.05) is 60.7 Å². The highest BCUT2D eigenvalue weighted by Crippen LogP contribution is 2.26. The molecule has 0 spiro atoms. The van der Waals surface area contributed by atoms with E-state index in [1.54, 1.807) is 9.80 Å². The maximum Gasteiger partial charge on any atom is 0.411 e. The molecule has 1 aliphatic heterocycles. The summed E-state index contributed by atoms with van der Waals surface area (Å²) in [5.74, 6) is 0.0564. The van der Waals surface area contributed by atoms with E-state index in [-0.39, 0.29) is 37.4 Å². The van der Waals surface area contributed by atoms with Crippen LogP contribution < -0.4 is 0 Å². The molecule has 2 aromatic rings. The van der Waals surface area contributed by atoms with Crippen molar-refractivity contribution in [3.63, 3.8) is 0 Å². The molecule has 1 fully saturated rings. The van der Waals surface area contributed by atoms with Crippen LogP contribution in [0.15, 0.2) is 60.7 Å². The Balaban J connectivity index is 1.67. The van der Waals surface area contributed by atoms with Crippen molar-refractivity contribution in [1.82, 2.24) is 9.80 Å². The number of ether oxygens (including phenoxy) is 1. The van der Waals surface area contributed by atoms with Crippen LogP contribution in [0.3, 0.4) is 0 Å². The number of nitrogens with zero attached hydrogens (tertiary/aromatic N) is 2. The van der Waals surface area contributed by atoms with E-state index in [2.05, 4.69) is 0 Å². The van der Waals surface area contributed by atoms with Crippen LogP contribution in [0.4, 0.5) is 4.79 Å². The summed E-state index contributed by atoms with van der Waals surface area (Å²) in [6.45, 7) is 4.33. The van der Waals surface area contributed by atoms with Gasteiger partial charge in [0, 0.05) is 12.5 Å². The summed E-state index contributed by atoms with van der Waals surface area (Å²) in [5.41, 5.74) is 1.99. The Hall–Kier alpha value is -2.82. The predicted molar refractivity (Wildman–Crippen MR) is 99.1 cm³/mol. The van der Waals surface area contributed by atoms with Gasteiger partial charge in [0.1, 0.15) is 6.61 Å². The summed E-state index contributed by atoms with van der Waals surface area (Å²) < 4.78 is 5.46. The van der Waals surface area contributed by atoms with E-state index >= 15 is 0 Å². The topological polar surface area (TPSA) is 49.9 Å². The molecule has 2 atom stereocenters. The fraction of sp³-hybridized carbons (Fsp3) is 0.333. The van der Waals surface area contributed by atoms with Gasteiger partial charge in [-0.15, -0.1) is 0 Å². The number of carbonyl (C=O) groups is 2. The average Bonchev–Trinajstić information content (AvgIpc) is 2.67. The summed E-state index contributed by atoms with van der Waals surface area (Å²) in [5, 5.41) is 0. The summed E-state index contributed by atoms with van der Waals surface area (Å²) in [7, 11) is 0. The zero-order valence-electron chi connectivity index (χ0n) is 15.2. The third-order valence-electron chi connectivity index (χ3n) is 4.82. The van der Waals surface area contributed by atoms with Crippen LogP contribution in [0.25, 0.3) is 0 Å². The molecule has 1 heterocycles. The van der Waals surface area contributed by atoms with Crippen molar-refractivity contribution in [2.75, 3.05) is 6.67 Å². The number of amides is 2. The molecule has 2 aromatic carbocycles. The maximum absolute atomic E-state index is 12.6. The number of hydrogen-bond acceptors (Lipinski definition) is 3. The molecule has 0 aromatic heterocycles. The second-order valence-corrected chi connectivity index (χ2v) is 6.65. The molecule has 2 amide bonds. The molecule has 0 unspecified atom stereocenters. The van der Waals surface area contributed by atoms with Crippen molar-refractivity contribution in [2.24, 2.45) is 0 Å². The SMILES string of the molecule is C[C@@H]1CC(=O)N([C@@H](C)c2ccccc2)CN1C(=O)OCc1ccccc1. The maximum atomic E-state index is 12.6. The van der Waals surface area contributed by atoms with Crippen LogP contribution in [0.1, 0.15) is 37.4 Å². The van der Waals surface area contributed by atoms with Crippen LogP contribution in [0.2, 0.25) is 0 Å². The van der Waals surface area contributed by atoms with E-state index in [1.165, 1.54) is 0 Å². The van der Waals surface area contributed by atoms with Gasteiger partial charge in [-0.2, -0.15) is 0 Å². The highest BCUT2D eigenvalue weighted by molar-refractivity contribution is 5.80. The highest BCUT2D eigenvalue weighted by atomic mass is 16.6. The van der Waals surface area contributed by atoms with E-state index in [1.807, 2.05) is 74.5 Å². The van der Waals surface area contributed by atoms with Crippen molar-refractivity contribution in [1.29, 1.82) is 0 Å². The Kier molecular flexibility index (Phi) is 5.56. The fourth-order valence-electron chi connectivity index (χ4n) is 3.15. The fourth-order valence-corrected chi connectivity index (χ4v) is 3.15. The molecule has 5 heteroatoms. The van der Waals surface area contributed by atoms with E-state index < -0.39 is 0 Å². The first kappa shape index (κ1) is 18.0. The second-order valence-electron chi connectivity index (χ2n) is 6.65. The van der Waals surface area contributed by atoms with Gasteiger partial charge >= 0.3 is 6.09 Å². The zero-order valence-corrected chi connectivity index (χ0v) is 15.2. The average molecular weight is 352 g/mol. The van der Waals surface area contributed by atoms with Crippen LogP contribution in [0.5, 0.6) is 0 Å². The molecule has 1 saturated heterocycles. The first-order chi connectivity index (χ1) is 12.6. The van der Waals surface area contributed by atoms with Gasteiger partial charge in [-0.05, 0) is 25.0 Å². The first-order valence-electron chi connectivity index (χ1n) is 8.88. The lowest BCUT2D eigenvalue weighted by Gasteiger charge is -2.41. The van der Waals surface area contributed by atoms with E-state index in [0.29, 0.717) is 6.42 Å². The van der Waals surface area contributed by atoms with Crippen molar-refractivity contribution < 1.29 is 14.3 Å². The van der Waals surface area contributed by atoms with Crippen LogP contribution in [-0.4, -0.2) is 34.5 Å². The number of carbonyl (C=O) groups excluding carboxylic acids is 2. The van der Waals surface area contributed by atoms with E-state index in [0.717, 1.165) is 11.1 Å². The van der Waals surface area contributed by atoms with Crippen molar-refractivity contribution in [3.05, 3.63) is 71.8 Å². The molecule has 0 N–H and O–H groups in total. The van der Waals surface area contributed by atoms with Gasteiger partial charge in [0.2, 0.25) is 5.91 Å². The first-order valence-corrected chi connectivity index (χ1v) is 8.88. The normalized spacial score (nSPS) is 18.5. The predicted octanol–water partition coefficient (Wildman–Crippen LogP) is 3.96. The summed E-state index contributed by atoms with van der Waals surface area (Å²) in [6, 6.07) is 19.1. The van der Waals surface area contributed by atoms with Gasteiger partial charge < -0.3 is 9.64 Å². The van der Waals surface area contributed by atoms with Crippen molar-refractivity contribution in [3.8, 4) is 0 Å². The Bertz CT molecular complexity index is 748. The molecular formula is C21H24N2O3. The van der Waals surface area contributed by atoms with Gasteiger partial charge in [-0.25, -0.2) is 4.79 Å². The summed E-state index contributed by atoms with van der Waals surface area (Å²) in [4.78, 5) is 28.4. The largest absolute Gasteiger partial charge is 0.444 e. The highest BCUT2D eigenvalue weighted by Gasteiger charge is 2.35. The number of hydrogen-bond donors (Lipinski definition) is 0. The lowest BCUT2D eigenvalue weighted by atomic mass is 10.0. The lowest BCUT2D eigenvalue weighted by molar-refractivity contribution is -0.142. The Morgan fingerprint density at radius 3 is 2.38 bits per heavy atom. The van der Waals surface area contributed by atoms with Crippen LogP contribution in [-0.2, 0) is 16.1 Å². The minimum atomic E-state index is -0.390. The minimum Gasteiger partial charge on any atom is -0.444 e. The molecule has 0 bridgehead atoms. The molecule has 0 radical (unpaired) electrons. The summed E-state index contributed by atoms with van der Waals surface area (Å²) in [6.07, 6.45) is -0.0865. The Morgan fingerprint density at radius 2 is 1.73 bits per heavy atom. The zero-order chi connectivity index (χ0) is 18.5. The third-order valence-corrected chi connectivity index (χ3v) is 4.82. The molecule has 1 aliphatic rings. The molecule has 136 valence electrons. The third kappa shape index (κ3) is 4.04. The van der Waals surface area contributed by atoms with Gasteiger partial charge in [-0.3, -0.25) is 9.69 Å². The Morgan fingerprint density at radius 1 is 1.12 bits per heavy atom. The van der Waals surface area contributed by atoms with Crippen molar-refractivity contribution >= 4 is 12.0 Å². The molecule has 26 heavy (non-hydrogen) atoms. The second kappa shape index (κ2) is 8.04. The smallest absolute Gasteiger partial charge is 0.411 e. The van der Waals surface area contributed by atoms with Gasteiger partial charge in [0.25, 0.3) is 0 Å². The molecular weight excluding hydrogens is 328 g/mol. The molecule has 5 nitrogen and oxygen atoms in total. The molecule has 0 saturated carbocycles. The van der Waals surface area contributed by atoms with E-state index in [9.17, 15) is 9.59 Å². The van der Waals surface area contributed by atoms with Crippen LogP contribution >= 0.6 is 0 Å². The van der Waals surface area contributed by atoms with Gasteiger partial charge in [0.15, 0.2) is 0 Å². The lowest BCUT2D eigenvalue weighted by Crippen LogP contribution is -2.55. The van der Waals surface area contributed by atoms with Crippen molar-refractivity contribution in [2.45, 2.75) is 39.0 Å². The standard InChI is InChI=1S/C21H24N2O3/c1-16-13-20(24)23(17(2)19-11-7-4-8-12-19)15-22(16)21(25)26-14-18-9-5-3-6-10-18/h3-12,16-17H,13-15H2,1-2H3/t16-,17+/m1/s1. The molecule has 3 rings (SSSR count).